The van der Waals surface area contributed by atoms with Gasteiger partial charge in [0.25, 0.3) is 0 Å². The van der Waals surface area contributed by atoms with Crippen molar-refractivity contribution in [1.82, 2.24) is 15.1 Å². The van der Waals surface area contributed by atoms with Crippen LogP contribution in [0.5, 0.6) is 5.75 Å². The van der Waals surface area contributed by atoms with E-state index < -0.39 is 5.41 Å². The summed E-state index contributed by atoms with van der Waals surface area (Å²) in [6, 6.07) is 20.8. The van der Waals surface area contributed by atoms with Crippen molar-refractivity contribution >= 4 is 34.6 Å². The molecule has 2 N–H and O–H groups in total. The standard InChI is InChI=1S/C29H28N4O2/c1-33(2)17-19-6-4-18(5-7-19)8-12-25-22-11-9-20(14-27(22)32-31-25)24-16-29(24)23-15-21(35-3)10-13-26(23)30-28(29)34/h4-15,24H,16-17H2,1-3H3,(H,30,34)(H,31,32)/b12-8+/t24-,29-/m1/s1. The number of amides is 1. The smallest absolute Gasteiger partial charge is 0.235 e. The van der Waals surface area contributed by atoms with Gasteiger partial charge in [0.05, 0.1) is 23.7 Å². The summed E-state index contributed by atoms with van der Waals surface area (Å²) in [5.74, 6) is 0.997. The van der Waals surface area contributed by atoms with Crippen LogP contribution in [-0.2, 0) is 16.8 Å². The molecule has 0 unspecified atom stereocenters. The van der Waals surface area contributed by atoms with E-state index in [4.69, 9.17) is 4.74 Å². The van der Waals surface area contributed by atoms with Crippen molar-refractivity contribution in [3.05, 3.63) is 88.6 Å². The lowest BCUT2D eigenvalue weighted by Gasteiger charge is -2.10. The van der Waals surface area contributed by atoms with Crippen LogP contribution in [0.2, 0.25) is 0 Å². The molecule has 1 aromatic heterocycles. The van der Waals surface area contributed by atoms with Crippen LogP contribution >= 0.6 is 0 Å². The second-order valence-corrected chi connectivity index (χ2v) is 9.82. The molecular formula is C29H28N4O2. The van der Waals surface area contributed by atoms with E-state index in [9.17, 15) is 4.79 Å². The first kappa shape index (κ1) is 21.6. The largest absolute Gasteiger partial charge is 0.497 e. The van der Waals surface area contributed by atoms with Crippen LogP contribution in [0.25, 0.3) is 23.1 Å². The van der Waals surface area contributed by atoms with Crippen LogP contribution in [0.4, 0.5) is 5.69 Å². The van der Waals surface area contributed by atoms with Gasteiger partial charge in [-0.1, -0.05) is 42.5 Å². The van der Waals surface area contributed by atoms with Crippen LogP contribution in [0, 0.1) is 0 Å². The molecule has 1 amide bonds. The Morgan fingerprint density at radius 3 is 2.69 bits per heavy atom. The van der Waals surface area contributed by atoms with Crippen LogP contribution in [-0.4, -0.2) is 42.2 Å². The Bertz CT molecular complexity index is 1470. The van der Waals surface area contributed by atoms with Crippen molar-refractivity contribution in [2.45, 2.75) is 24.3 Å². The van der Waals surface area contributed by atoms with Gasteiger partial charge in [-0.05, 0) is 73.1 Å². The molecule has 1 aliphatic heterocycles. The molecule has 6 nitrogen and oxygen atoms in total. The summed E-state index contributed by atoms with van der Waals surface area (Å²) in [5, 5.41) is 11.8. The summed E-state index contributed by atoms with van der Waals surface area (Å²) in [7, 11) is 5.80. The lowest BCUT2D eigenvalue weighted by molar-refractivity contribution is -0.118. The fourth-order valence-electron chi connectivity index (χ4n) is 5.38. The van der Waals surface area contributed by atoms with Crippen LogP contribution in [0.1, 0.15) is 40.3 Å². The summed E-state index contributed by atoms with van der Waals surface area (Å²) >= 11 is 0. The van der Waals surface area contributed by atoms with E-state index in [-0.39, 0.29) is 11.8 Å². The van der Waals surface area contributed by atoms with E-state index in [2.05, 4.69) is 83.0 Å². The third-order valence-electron chi connectivity index (χ3n) is 7.25. The molecule has 6 heteroatoms. The van der Waals surface area contributed by atoms with Crippen LogP contribution < -0.4 is 10.1 Å². The molecule has 3 aromatic carbocycles. The number of rotatable bonds is 6. The molecule has 1 fully saturated rings. The van der Waals surface area contributed by atoms with E-state index in [1.165, 1.54) is 5.56 Å². The average Bonchev–Trinajstić information content (AvgIpc) is 3.40. The number of carbonyl (C=O) groups is 1. The van der Waals surface area contributed by atoms with E-state index in [0.717, 1.165) is 57.7 Å². The molecule has 2 heterocycles. The third kappa shape index (κ3) is 3.61. The van der Waals surface area contributed by atoms with Gasteiger partial charge in [-0.2, -0.15) is 5.10 Å². The van der Waals surface area contributed by atoms with Crippen molar-refractivity contribution in [3.8, 4) is 5.75 Å². The van der Waals surface area contributed by atoms with Crippen molar-refractivity contribution < 1.29 is 9.53 Å². The number of fused-ring (bicyclic) bond motifs is 3. The first-order valence-electron chi connectivity index (χ1n) is 11.9. The zero-order valence-corrected chi connectivity index (χ0v) is 20.1. The van der Waals surface area contributed by atoms with Gasteiger partial charge in [0.2, 0.25) is 5.91 Å². The number of nitrogens with one attached hydrogen (secondary N) is 2. The Kier molecular flexibility index (Phi) is 5.00. The summed E-state index contributed by atoms with van der Waals surface area (Å²) in [4.78, 5) is 15.1. The molecule has 0 saturated heterocycles. The minimum absolute atomic E-state index is 0.0793. The topological polar surface area (TPSA) is 70.2 Å². The molecule has 6 rings (SSSR count). The molecule has 1 aliphatic carbocycles. The number of H-pyrrole nitrogens is 1. The second-order valence-electron chi connectivity index (χ2n) is 9.82. The van der Waals surface area contributed by atoms with Gasteiger partial charge in [0.15, 0.2) is 0 Å². The lowest BCUT2D eigenvalue weighted by atomic mass is 9.91. The molecule has 35 heavy (non-hydrogen) atoms. The van der Waals surface area contributed by atoms with E-state index in [0.29, 0.717) is 0 Å². The van der Waals surface area contributed by atoms with Crippen LogP contribution in [0.15, 0.2) is 60.7 Å². The molecule has 0 radical (unpaired) electrons. The molecule has 4 aromatic rings. The molecule has 2 atom stereocenters. The fourth-order valence-corrected chi connectivity index (χ4v) is 5.38. The summed E-state index contributed by atoms with van der Waals surface area (Å²) in [6.45, 7) is 0.930. The van der Waals surface area contributed by atoms with E-state index in [1.807, 2.05) is 24.3 Å². The highest BCUT2D eigenvalue weighted by atomic mass is 16.5. The maximum atomic E-state index is 13.0. The minimum Gasteiger partial charge on any atom is -0.497 e. The molecular weight excluding hydrogens is 436 g/mol. The SMILES string of the molecule is COc1ccc2c(c1)[C@@]1(C[C@@H]1c1ccc3c(/C=C/c4ccc(CN(C)C)cc4)n[nH]c3c1)C(=O)N2. The van der Waals surface area contributed by atoms with E-state index in [1.54, 1.807) is 7.11 Å². The lowest BCUT2D eigenvalue weighted by Crippen LogP contribution is -2.21. The van der Waals surface area contributed by atoms with E-state index >= 15 is 0 Å². The first-order valence-corrected chi connectivity index (χ1v) is 11.9. The maximum absolute atomic E-state index is 13.0. The average molecular weight is 465 g/mol. The monoisotopic (exact) mass is 464 g/mol. The highest BCUT2D eigenvalue weighted by molar-refractivity contribution is 6.10. The highest BCUT2D eigenvalue weighted by Crippen LogP contribution is 2.65. The molecule has 2 aliphatic rings. The first-order chi connectivity index (χ1) is 17.0. The Balaban J connectivity index is 1.24. The number of aromatic nitrogens is 2. The number of anilines is 1. The quantitative estimate of drug-likeness (QED) is 0.413. The number of benzene rings is 3. The van der Waals surface area contributed by atoms with Gasteiger partial charge in [-0.25, -0.2) is 0 Å². The number of carbonyl (C=O) groups excluding carboxylic acids is 1. The molecule has 176 valence electrons. The fraction of sp³-hybridized carbons (Fsp3) is 0.241. The number of hydrogen-bond acceptors (Lipinski definition) is 4. The van der Waals surface area contributed by atoms with Crippen molar-refractivity contribution in [2.75, 3.05) is 26.5 Å². The third-order valence-corrected chi connectivity index (χ3v) is 7.25. The van der Waals surface area contributed by atoms with Gasteiger partial charge in [-0.3, -0.25) is 9.89 Å². The summed E-state index contributed by atoms with van der Waals surface area (Å²) in [6.07, 6.45) is 4.94. The predicted molar refractivity (Wildman–Crippen MR) is 140 cm³/mol. The van der Waals surface area contributed by atoms with Gasteiger partial charge in [0, 0.05) is 23.5 Å². The van der Waals surface area contributed by atoms with Gasteiger partial charge in [0.1, 0.15) is 5.75 Å². The highest BCUT2D eigenvalue weighted by Gasteiger charge is 2.65. The molecule has 1 spiro atoms. The second kappa shape index (κ2) is 8.10. The Morgan fingerprint density at radius 2 is 1.91 bits per heavy atom. The number of methoxy groups -OCH3 is 1. The zero-order chi connectivity index (χ0) is 24.2. The number of aromatic amines is 1. The summed E-state index contributed by atoms with van der Waals surface area (Å²) < 4.78 is 5.41. The Hall–Kier alpha value is -3.90. The summed E-state index contributed by atoms with van der Waals surface area (Å²) in [5.41, 5.74) is 6.90. The number of ether oxygens (including phenoxy) is 1. The minimum atomic E-state index is -0.501. The van der Waals surface area contributed by atoms with Gasteiger partial charge in [-0.15, -0.1) is 0 Å². The van der Waals surface area contributed by atoms with Gasteiger partial charge >= 0.3 is 0 Å². The van der Waals surface area contributed by atoms with Crippen molar-refractivity contribution in [3.63, 3.8) is 0 Å². The van der Waals surface area contributed by atoms with Crippen molar-refractivity contribution in [2.24, 2.45) is 0 Å². The normalized spacial score (nSPS) is 20.7. The molecule has 0 bridgehead atoms. The Morgan fingerprint density at radius 1 is 1.09 bits per heavy atom. The molecule has 1 saturated carbocycles. The maximum Gasteiger partial charge on any atom is 0.235 e. The number of hydrogen-bond donors (Lipinski definition) is 2. The number of nitrogens with zero attached hydrogens (tertiary/aromatic N) is 2. The van der Waals surface area contributed by atoms with Gasteiger partial charge < -0.3 is 15.0 Å². The zero-order valence-electron chi connectivity index (χ0n) is 20.1. The van der Waals surface area contributed by atoms with Crippen molar-refractivity contribution in [1.29, 1.82) is 0 Å². The Labute approximate surface area is 204 Å². The predicted octanol–water partition coefficient (Wildman–Crippen LogP) is 5.18. The van der Waals surface area contributed by atoms with Crippen LogP contribution in [0.3, 0.4) is 0 Å².